The van der Waals surface area contributed by atoms with Crippen LogP contribution in [0.1, 0.15) is 26.4 Å². The zero-order valence-corrected chi connectivity index (χ0v) is 18.3. The van der Waals surface area contributed by atoms with Crippen LogP contribution >= 0.6 is 0 Å². The lowest BCUT2D eigenvalue weighted by atomic mass is 9.99. The molecule has 1 heterocycles. The SMILES string of the molecule is CNC(=O)c1cnc(-c2ccccc2)nc1CCNC(=O)c1ccccc1-c1ccccc1. The van der Waals surface area contributed by atoms with Crippen LogP contribution in [0.25, 0.3) is 22.5 Å². The number of rotatable bonds is 7. The van der Waals surface area contributed by atoms with Crippen molar-refractivity contribution >= 4 is 11.8 Å². The van der Waals surface area contributed by atoms with E-state index in [1.54, 1.807) is 7.05 Å². The number of hydrogen-bond acceptors (Lipinski definition) is 4. The number of amides is 2. The standard InChI is InChI=1S/C27H24N4O2/c1-28-26(32)23-18-30-25(20-12-6-3-7-13-20)31-24(23)16-17-29-27(33)22-15-9-8-14-21(22)19-10-4-2-5-11-19/h2-15,18H,16-17H2,1H3,(H,28,32)(H,29,33). The Kier molecular flexibility index (Phi) is 6.85. The molecule has 0 saturated carbocycles. The fourth-order valence-corrected chi connectivity index (χ4v) is 3.60. The maximum atomic E-state index is 13.0. The lowest BCUT2D eigenvalue weighted by molar-refractivity contribution is 0.0952. The molecule has 3 aromatic carbocycles. The maximum absolute atomic E-state index is 13.0. The number of nitrogens with one attached hydrogen (secondary N) is 2. The Morgan fingerprint density at radius 2 is 1.39 bits per heavy atom. The number of aromatic nitrogens is 2. The van der Waals surface area contributed by atoms with Gasteiger partial charge in [0.05, 0.1) is 11.3 Å². The Morgan fingerprint density at radius 3 is 2.09 bits per heavy atom. The van der Waals surface area contributed by atoms with E-state index in [1.807, 2.05) is 84.9 Å². The number of nitrogens with zero attached hydrogens (tertiary/aromatic N) is 2. The molecule has 0 atom stereocenters. The Morgan fingerprint density at radius 1 is 0.758 bits per heavy atom. The molecular weight excluding hydrogens is 412 g/mol. The van der Waals surface area contributed by atoms with Crippen LogP contribution in [-0.2, 0) is 6.42 Å². The first kappa shape index (κ1) is 21.9. The molecule has 0 bridgehead atoms. The van der Waals surface area contributed by atoms with E-state index in [0.717, 1.165) is 16.7 Å². The normalized spacial score (nSPS) is 10.5. The predicted octanol–water partition coefficient (Wildman–Crippen LogP) is 4.14. The van der Waals surface area contributed by atoms with E-state index in [-0.39, 0.29) is 11.8 Å². The molecule has 0 unspecified atom stereocenters. The molecule has 33 heavy (non-hydrogen) atoms. The first-order chi connectivity index (χ1) is 16.2. The van der Waals surface area contributed by atoms with Gasteiger partial charge in [-0.25, -0.2) is 9.97 Å². The average molecular weight is 437 g/mol. The number of benzene rings is 3. The van der Waals surface area contributed by atoms with Gasteiger partial charge in [0.15, 0.2) is 5.82 Å². The predicted molar refractivity (Wildman–Crippen MR) is 129 cm³/mol. The van der Waals surface area contributed by atoms with Gasteiger partial charge in [-0.1, -0.05) is 78.9 Å². The second-order valence-electron chi connectivity index (χ2n) is 7.42. The van der Waals surface area contributed by atoms with Crippen LogP contribution in [0.4, 0.5) is 0 Å². The minimum absolute atomic E-state index is 0.173. The monoisotopic (exact) mass is 436 g/mol. The summed E-state index contributed by atoms with van der Waals surface area (Å²) in [6, 6.07) is 26.9. The molecule has 4 rings (SSSR count). The third-order valence-corrected chi connectivity index (χ3v) is 5.28. The highest BCUT2D eigenvalue weighted by molar-refractivity contribution is 6.01. The zero-order chi connectivity index (χ0) is 23.0. The van der Waals surface area contributed by atoms with Crippen molar-refractivity contribution < 1.29 is 9.59 Å². The molecule has 0 spiro atoms. The molecule has 0 fully saturated rings. The Labute approximate surface area is 192 Å². The van der Waals surface area contributed by atoms with Crippen molar-refractivity contribution in [2.24, 2.45) is 0 Å². The van der Waals surface area contributed by atoms with Crippen LogP contribution in [0.5, 0.6) is 0 Å². The van der Waals surface area contributed by atoms with Crippen LogP contribution in [0.2, 0.25) is 0 Å². The highest BCUT2D eigenvalue weighted by Crippen LogP contribution is 2.23. The zero-order valence-electron chi connectivity index (χ0n) is 18.3. The molecular formula is C27H24N4O2. The van der Waals surface area contributed by atoms with Gasteiger partial charge in [0, 0.05) is 37.3 Å². The van der Waals surface area contributed by atoms with Gasteiger partial charge >= 0.3 is 0 Å². The first-order valence-corrected chi connectivity index (χ1v) is 10.7. The molecule has 0 radical (unpaired) electrons. The third-order valence-electron chi connectivity index (χ3n) is 5.28. The summed E-state index contributed by atoms with van der Waals surface area (Å²) < 4.78 is 0. The van der Waals surface area contributed by atoms with Gasteiger partial charge in [-0.3, -0.25) is 9.59 Å². The summed E-state index contributed by atoms with van der Waals surface area (Å²) in [5.74, 6) is 0.109. The molecule has 6 heteroatoms. The highest BCUT2D eigenvalue weighted by atomic mass is 16.2. The topological polar surface area (TPSA) is 84.0 Å². The van der Waals surface area contributed by atoms with Crippen LogP contribution in [0.15, 0.2) is 91.1 Å². The smallest absolute Gasteiger partial charge is 0.254 e. The number of hydrogen-bond donors (Lipinski definition) is 2. The van der Waals surface area contributed by atoms with Gasteiger partial charge in [-0.15, -0.1) is 0 Å². The minimum atomic E-state index is -0.259. The van der Waals surface area contributed by atoms with Crippen molar-refractivity contribution in [1.82, 2.24) is 20.6 Å². The summed E-state index contributed by atoms with van der Waals surface area (Å²) >= 11 is 0. The maximum Gasteiger partial charge on any atom is 0.254 e. The molecule has 4 aromatic rings. The Hall–Kier alpha value is -4.32. The van der Waals surface area contributed by atoms with Gasteiger partial charge in [0.25, 0.3) is 11.8 Å². The molecule has 2 N–H and O–H groups in total. The number of carbonyl (C=O) groups excluding carboxylic acids is 2. The Balaban J connectivity index is 1.53. The van der Waals surface area contributed by atoms with Crippen molar-refractivity contribution in [2.45, 2.75) is 6.42 Å². The molecule has 1 aromatic heterocycles. The van der Waals surface area contributed by atoms with E-state index in [2.05, 4.69) is 20.6 Å². The van der Waals surface area contributed by atoms with E-state index >= 15 is 0 Å². The summed E-state index contributed by atoms with van der Waals surface area (Å²) in [7, 11) is 1.57. The van der Waals surface area contributed by atoms with E-state index in [4.69, 9.17) is 0 Å². The summed E-state index contributed by atoms with van der Waals surface area (Å²) in [5.41, 5.74) is 4.30. The van der Waals surface area contributed by atoms with E-state index in [9.17, 15) is 9.59 Å². The van der Waals surface area contributed by atoms with Crippen LogP contribution < -0.4 is 10.6 Å². The molecule has 6 nitrogen and oxygen atoms in total. The van der Waals surface area contributed by atoms with Gasteiger partial charge in [0.1, 0.15) is 0 Å². The van der Waals surface area contributed by atoms with Crippen molar-refractivity contribution in [3.63, 3.8) is 0 Å². The molecule has 2 amide bonds. The minimum Gasteiger partial charge on any atom is -0.355 e. The van der Waals surface area contributed by atoms with Crippen molar-refractivity contribution in [2.75, 3.05) is 13.6 Å². The summed E-state index contributed by atoms with van der Waals surface area (Å²) in [5, 5.41) is 5.60. The van der Waals surface area contributed by atoms with Gasteiger partial charge < -0.3 is 10.6 Å². The quantitative estimate of drug-likeness (QED) is 0.456. The second-order valence-corrected chi connectivity index (χ2v) is 7.42. The molecule has 0 aliphatic rings. The summed E-state index contributed by atoms with van der Waals surface area (Å²) in [4.78, 5) is 34.3. The third kappa shape index (κ3) is 5.13. The van der Waals surface area contributed by atoms with E-state index in [0.29, 0.717) is 35.6 Å². The fraction of sp³-hybridized carbons (Fsp3) is 0.111. The van der Waals surface area contributed by atoms with Crippen LogP contribution in [0, 0.1) is 0 Å². The van der Waals surface area contributed by atoms with Gasteiger partial charge in [-0.2, -0.15) is 0 Å². The Bertz CT molecular complexity index is 1260. The summed E-state index contributed by atoms with van der Waals surface area (Å²) in [6.45, 7) is 0.331. The lowest BCUT2D eigenvalue weighted by Crippen LogP contribution is -2.28. The fourth-order valence-electron chi connectivity index (χ4n) is 3.60. The first-order valence-electron chi connectivity index (χ1n) is 10.7. The van der Waals surface area contributed by atoms with Crippen molar-refractivity contribution in [1.29, 1.82) is 0 Å². The lowest BCUT2D eigenvalue weighted by Gasteiger charge is -2.12. The van der Waals surface area contributed by atoms with Gasteiger partial charge in [0.2, 0.25) is 0 Å². The van der Waals surface area contributed by atoms with Crippen LogP contribution in [-0.4, -0.2) is 35.4 Å². The summed E-state index contributed by atoms with van der Waals surface area (Å²) in [6.07, 6.45) is 1.93. The molecule has 0 saturated heterocycles. The molecule has 0 aliphatic carbocycles. The highest BCUT2D eigenvalue weighted by Gasteiger charge is 2.16. The molecule has 164 valence electrons. The van der Waals surface area contributed by atoms with Crippen molar-refractivity contribution in [3.05, 3.63) is 108 Å². The average Bonchev–Trinajstić information content (AvgIpc) is 2.89. The van der Waals surface area contributed by atoms with Crippen LogP contribution in [0.3, 0.4) is 0 Å². The largest absolute Gasteiger partial charge is 0.355 e. The van der Waals surface area contributed by atoms with E-state index in [1.165, 1.54) is 6.20 Å². The number of carbonyl (C=O) groups is 2. The molecule has 0 aliphatic heterocycles. The van der Waals surface area contributed by atoms with Gasteiger partial charge in [-0.05, 0) is 17.2 Å². The second kappa shape index (κ2) is 10.3. The van der Waals surface area contributed by atoms with Crippen molar-refractivity contribution in [3.8, 4) is 22.5 Å². The van der Waals surface area contributed by atoms with E-state index < -0.39 is 0 Å².